The van der Waals surface area contributed by atoms with Gasteiger partial charge in [0.1, 0.15) is 5.65 Å². The van der Waals surface area contributed by atoms with Crippen LogP contribution in [0.1, 0.15) is 25.7 Å². The molecule has 4 nitrogen and oxygen atoms in total. The molecular weight excluding hydrogens is 274 g/mol. The van der Waals surface area contributed by atoms with Gasteiger partial charge in [0, 0.05) is 43.8 Å². The number of halogens is 1. The van der Waals surface area contributed by atoms with Crippen molar-refractivity contribution in [2.45, 2.75) is 32.2 Å². The molecule has 0 bridgehead atoms. The van der Waals surface area contributed by atoms with Crippen LogP contribution in [0.25, 0.3) is 11.0 Å². The third-order valence-corrected chi connectivity index (χ3v) is 4.05. The predicted molar refractivity (Wildman–Crippen MR) is 79.8 cm³/mol. The fraction of sp³-hybridized carbons (Fsp3) is 0.467. The molecule has 1 amide bonds. The highest BCUT2D eigenvalue weighted by Crippen LogP contribution is 2.18. The molecule has 0 N–H and O–H groups in total. The van der Waals surface area contributed by atoms with Crippen molar-refractivity contribution in [3.63, 3.8) is 0 Å². The van der Waals surface area contributed by atoms with Crippen LogP contribution in [0.3, 0.4) is 0 Å². The van der Waals surface area contributed by atoms with E-state index in [0.717, 1.165) is 37.0 Å². The Balaban J connectivity index is 1.66. The van der Waals surface area contributed by atoms with Gasteiger partial charge in [0.05, 0.1) is 5.02 Å². The number of carbonyl (C=O) groups excluding carboxylic acids is 1. The SMILES string of the molecule is O=C(CCn1ccc2cc(Cl)cnc21)N1CCCCC1. The summed E-state index contributed by atoms with van der Waals surface area (Å²) in [5.74, 6) is 0.250. The summed E-state index contributed by atoms with van der Waals surface area (Å²) in [6.07, 6.45) is 7.67. The second-order valence-electron chi connectivity index (χ2n) is 5.27. The molecule has 0 saturated carbocycles. The van der Waals surface area contributed by atoms with Crippen molar-refractivity contribution in [1.82, 2.24) is 14.5 Å². The van der Waals surface area contributed by atoms with Gasteiger partial charge in [-0.2, -0.15) is 0 Å². The van der Waals surface area contributed by atoms with E-state index in [1.807, 2.05) is 27.8 Å². The van der Waals surface area contributed by atoms with Crippen molar-refractivity contribution in [3.8, 4) is 0 Å². The van der Waals surface area contributed by atoms with Crippen LogP contribution in [0.4, 0.5) is 0 Å². The maximum atomic E-state index is 12.2. The Morgan fingerprint density at radius 2 is 2.10 bits per heavy atom. The minimum absolute atomic E-state index is 0.250. The van der Waals surface area contributed by atoms with Gasteiger partial charge in [-0.1, -0.05) is 11.6 Å². The summed E-state index contributed by atoms with van der Waals surface area (Å²) >= 11 is 5.92. The van der Waals surface area contributed by atoms with E-state index in [-0.39, 0.29) is 5.91 Å². The predicted octanol–water partition coefficient (Wildman–Crippen LogP) is 3.09. The van der Waals surface area contributed by atoms with E-state index in [4.69, 9.17) is 11.6 Å². The molecule has 1 fully saturated rings. The van der Waals surface area contributed by atoms with Gasteiger partial charge < -0.3 is 9.47 Å². The van der Waals surface area contributed by atoms with Crippen LogP contribution in [-0.2, 0) is 11.3 Å². The van der Waals surface area contributed by atoms with Crippen LogP contribution < -0.4 is 0 Å². The molecule has 106 valence electrons. The molecule has 20 heavy (non-hydrogen) atoms. The zero-order valence-electron chi connectivity index (χ0n) is 11.4. The monoisotopic (exact) mass is 291 g/mol. The molecule has 0 spiro atoms. The van der Waals surface area contributed by atoms with Crippen LogP contribution in [0, 0.1) is 0 Å². The first-order valence-electron chi connectivity index (χ1n) is 7.12. The second kappa shape index (κ2) is 5.83. The number of amides is 1. The summed E-state index contributed by atoms with van der Waals surface area (Å²) in [6, 6.07) is 3.88. The van der Waals surface area contributed by atoms with Crippen LogP contribution in [0.15, 0.2) is 24.5 Å². The Morgan fingerprint density at radius 3 is 2.90 bits per heavy atom. The van der Waals surface area contributed by atoms with Crippen molar-refractivity contribution < 1.29 is 4.79 Å². The van der Waals surface area contributed by atoms with Crippen molar-refractivity contribution in [2.75, 3.05) is 13.1 Å². The molecule has 0 unspecified atom stereocenters. The normalized spacial score (nSPS) is 15.8. The van der Waals surface area contributed by atoms with E-state index in [9.17, 15) is 4.79 Å². The smallest absolute Gasteiger partial charge is 0.224 e. The summed E-state index contributed by atoms with van der Waals surface area (Å²) in [7, 11) is 0. The van der Waals surface area contributed by atoms with Crippen molar-refractivity contribution in [3.05, 3.63) is 29.5 Å². The quantitative estimate of drug-likeness (QED) is 0.871. The topological polar surface area (TPSA) is 38.1 Å². The van der Waals surface area contributed by atoms with Gasteiger partial charge >= 0.3 is 0 Å². The second-order valence-corrected chi connectivity index (χ2v) is 5.70. The van der Waals surface area contributed by atoms with E-state index in [0.29, 0.717) is 18.0 Å². The van der Waals surface area contributed by atoms with E-state index < -0.39 is 0 Å². The summed E-state index contributed by atoms with van der Waals surface area (Å²) in [6.45, 7) is 2.51. The molecule has 2 aromatic rings. The lowest BCUT2D eigenvalue weighted by molar-refractivity contribution is -0.132. The van der Waals surface area contributed by atoms with Crippen molar-refractivity contribution in [1.29, 1.82) is 0 Å². The zero-order chi connectivity index (χ0) is 13.9. The largest absolute Gasteiger partial charge is 0.343 e. The lowest BCUT2D eigenvalue weighted by atomic mass is 10.1. The highest BCUT2D eigenvalue weighted by atomic mass is 35.5. The van der Waals surface area contributed by atoms with E-state index in [1.54, 1.807) is 6.20 Å². The Morgan fingerprint density at radius 1 is 1.30 bits per heavy atom. The summed E-state index contributed by atoms with van der Waals surface area (Å²) in [5, 5.41) is 1.66. The molecular formula is C15H18ClN3O. The van der Waals surface area contributed by atoms with E-state index in [2.05, 4.69) is 4.98 Å². The van der Waals surface area contributed by atoms with E-state index >= 15 is 0 Å². The number of fused-ring (bicyclic) bond motifs is 1. The zero-order valence-corrected chi connectivity index (χ0v) is 12.1. The maximum absolute atomic E-state index is 12.2. The molecule has 2 aromatic heterocycles. The van der Waals surface area contributed by atoms with E-state index in [1.165, 1.54) is 6.42 Å². The summed E-state index contributed by atoms with van der Waals surface area (Å²) in [4.78, 5) is 18.5. The fourth-order valence-corrected chi connectivity index (χ4v) is 2.92. The third-order valence-electron chi connectivity index (χ3n) is 3.84. The average Bonchev–Trinajstić information content (AvgIpc) is 2.88. The molecule has 1 aliphatic heterocycles. The van der Waals surface area contributed by atoms with Gasteiger partial charge in [0.15, 0.2) is 0 Å². The van der Waals surface area contributed by atoms with Gasteiger partial charge in [-0.15, -0.1) is 0 Å². The molecule has 5 heteroatoms. The third kappa shape index (κ3) is 2.80. The first-order valence-corrected chi connectivity index (χ1v) is 7.50. The first kappa shape index (κ1) is 13.4. The molecule has 3 heterocycles. The standard InChI is InChI=1S/C15H18ClN3O/c16-13-10-12-4-8-19(15(12)17-11-13)9-5-14(20)18-6-2-1-3-7-18/h4,8,10-11H,1-3,5-7,9H2. The molecule has 3 rings (SSSR count). The summed E-state index contributed by atoms with van der Waals surface area (Å²) < 4.78 is 2.02. The number of hydrogen-bond acceptors (Lipinski definition) is 2. The number of aryl methyl sites for hydroxylation is 1. The Bertz CT molecular complexity index is 617. The van der Waals surface area contributed by atoms with Crippen molar-refractivity contribution in [2.24, 2.45) is 0 Å². The van der Waals surface area contributed by atoms with Crippen LogP contribution in [-0.4, -0.2) is 33.4 Å². The molecule has 0 aromatic carbocycles. The minimum atomic E-state index is 0.250. The van der Waals surface area contributed by atoms with Gasteiger partial charge in [-0.05, 0) is 31.4 Å². The number of hydrogen-bond donors (Lipinski definition) is 0. The van der Waals surface area contributed by atoms with Gasteiger partial charge in [0.2, 0.25) is 5.91 Å². The lowest BCUT2D eigenvalue weighted by Gasteiger charge is -2.26. The first-order chi connectivity index (χ1) is 9.74. The average molecular weight is 292 g/mol. The van der Waals surface area contributed by atoms with Crippen LogP contribution in [0.2, 0.25) is 5.02 Å². The molecule has 0 radical (unpaired) electrons. The Hall–Kier alpha value is -1.55. The Labute approximate surface area is 123 Å². The minimum Gasteiger partial charge on any atom is -0.343 e. The number of rotatable bonds is 3. The van der Waals surface area contributed by atoms with Crippen molar-refractivity contribution >= 4 is 28.5 Å². The maximum Gasteiger partial charge on any atom is 0.224 e. The number of nitrogens with zero attached hydrogens (tertiary/aromatic N) is 3. The molecule has 0 aliphatic carbocycles. The fourth-order valence-electron chi connectivity index (χ4n) is 2.75. The molecule has 1 aliphatic rings. The summed E-state index contributed by atoms with van der Waals surface area (Å²) in [5.41, 5.74) is 0.890. The van der Waals surface area contributed by atoms with Crippen LogP contribution in [0.5, 0.6) is 0 Å². The lowest BCUT2D eigenvalue weighted by Crippen LogP contribution is -2.35. The Kier molecular flexibility index (Phi) is 3.92. The number of pyridine rings is 1. The van der Waals surface area contributed by atoms with Gasteiger partial charge in [-0.25, -0.2) is 4.98 Å². The van der Waals surface area contributed by atoms with Gasteiger partial charge in [-0.3, -0.25) is 4.79 Å². The number of carbonyl (C=O) groups is 1. The number of aromatic nitrogens is 2. The molecule has 0 atom stereocenters. The highest BCUT2D eigenvalue weighted by Gasteiger charge is 2.16. The van der Waals surface area contributed by atoms with Gasteiger partial charge in [0.25, 0.3) is 0 Å². The van der Waals surface area contributed by atoms with Crippen LogP contribution >= 0.6 is 11.6 Å². The number of piperidine rings is 1. The number of likely N-dealkylation sites (tertiary alicyclic amines) is 1. The molecule has 1 saturated heterocycles. The highest BCUT2D eigenvalue weighted by molar-refractivity contribution is 6.31.